The molecule has 6 nitrogen and oxygen atoms in total. The number of ether oxygens (including phenoxy) is 3. The van der Waals surface area contributed by atoms with E-state index >= 15 is 0 Å². The lowest BCUT2D eigenvalue weighted by molar-refractivity contribution is -0.129. The molecule has 166 valence electrons. The van der Waals surface area contributed by atoms with Crippen molar-refractivity contribution < 1.29 is 28.2 Å². The van der Waals surface area contributed by atoms with Gasteiger partial charge in [0.1, 0.15) is 5.82 Å². The van der Waals surface area contributed by atoms with E-state index in [0.29, 0.717) is 23.3 Å². The number of benzene rings is 3. The predicted octanol–water partition coefficient (Wildman–Crippen LogP) is 5.44. The highest BCUT2D eigenvalue weighted by Gasteiger charge is 2.25. The van der Waals surface area contributed by atoms with Crippen LogP contribution in [0.2, 0.25) is 5.02 Å². The Hall–Kier alpha value is -3.97. The van der Waals surface area contributed by atoms with Crippen molar-refractivity contribution in [2.24, 2.45) is 4.99 Å². The summed E-state index contributed by atoms with van der Waals surface area (Å²) in [5.74, 6) is -1.30. The molecule has 1 aliphatic heterocycles. The highest BCUT2D eigenvalue weighted by atomic mass is 35.5. The van der Waals surface area contributed by atoms with Crippen molar-refractivity contribution in [1.82, 2.24) is 0 Å². The fourth-order valence-electron chi connectivity index (χ4n) is 3.04. The topological polar surface area (TPSA) is 74.2 Å². The van der Waals surface area contributed by atoms with Crippen molar-refractivity contribution in [2.75, 3.05) is 6.61 Å². The Bertz CT molecular complexity index is 1270. The largest absolute Gasteiger partial charge is 0.490 e. The van der Waals surface area contributed by atoms with Gasteiger partial charge in [0.15, 0.2) is 17.2 Å². The molecule has 0 aromatic heterocycles. The summed E-state index contributed by atoms with van der Waals surface area (Å²) >= 11 is 6.39. The molecule has 0 bridgehead atoms. The van der Waals surface area contributed by atoms with Crippen LogP contribution in [0.5, 0.6) is 11.5 Å². The summed E-state index contributed by atoms with van der Waals surface area (Å²) in [5, 5.41) is 0.117. The minimum atomic E-state index is -0.664. The van der Waals surface area contributed by atoms with Crippen LogP contribution in [0.25, 0.3) is 6.08 Å². The van der Waals surface area contributed by atoms with Crippen molar-refractivity contribution in [1.29, 1.82) is 0 Å². The Balaban J connectivity index is 1.64. The Morgan fingerprint density at radius 2 is 1.85 bits per heavy atom. The van der Waals surface area contributed by atoms with Crippen molar-refractivity contribution in [3.05, 3.63) is 100.0 Å². The van der Waals surface area contributed by atoms with Crippen LogP contribution in [-0.2, 0) is 9.53 Å². The van der Waals surface area contributed by atoms with Crippen LogP contribution in [-0.4, -0.2) is 24.4 Å². The zero-order valence-corrected chi connectivity index (χ0v) is 18.1. The quantitative estimate of drug-likeness (QED) is 0.275. The molecule has 1 heterocycles. The van der Waals surface area contributed by atoms with Crippen molar-refractivity contribution in [3.8, 4) is 11.5 Å². The van der Waals surface area contributed by atoms with Crippen LogP contribution in [0, 0.1) is 5.82 Å². The van der Waals surface area contributed by atoms with E-state index in [-0.39, 0.29) is 28.1 Å². The van der Waals surface area contributed by atoms with Gasteiger partial charge in [-0.15, -0.1) is 0 Å². The normalized spacial score (nSPS) is 14.1. The minimum Gasteiger partial charge on any atom is -0.490 e. The molecule has 0 amide bonds. The second kappa shape index (κ2) is 9.67. The summed E-state index contributed by atoms with van der Waals surface area (Å²) in [6.45, 7) is 2.07. The van der Waals surface area contributed by atoms with Gasteiger partial charge in [-0.05, 0) is 67.1 Å². The SMILES string of the molecule is CCOc1cc(/C=C2\N=C(c3ccc(F)cc3)OC2=O)cc(Cl)c1OC(=O)c1ccccc1. The molecule has 0 fully saturated rings. The van der Waals surface area contributed by atoms with E-state index in [4.69, 9.17) is 25.8 Å². The van der Waals surface area contributed by atoms with Gasteiger partial charge in [0.05, 0.1) is 17.2 Å². The van der Waals surface area contributed by atoms with Gasteiger partial charge in [-0.1, -0.05) is 29.8 Å². The summed E-state index contributed by atoms with van der Waals surface area (Å²) < 4.78 is 29.4. The highest BCUT2D eigenvalue weighted by molar-refractivity contribution is 6.32. The second-order valence-electron chi connectivity index (χ2n) is 6.86. The second-order valence-corrected chi connectivity index (χ2v) is 7.27. The van der Waals surface area contributed by atoms with Gasteiger partial charge in [0.2, 0.25) is 5.90 Å². The van der Waals surface area contributed by atoms with E-state index in [1.165, 1.54) is 36.4 Å². The molecule has 0 saturated heterocycles. The first kappa shape index (κ1) is 22.2. The van der Waals surface area contributed by atoms with Gasteiger partial charge >= 0.3 is 11.9 Å². The molecule has 0 atom stereocenters. The van der Waals surface area contributed by atoms with Crippen LogP contribution in [0.3, 0.4) is 0 Å². The number of aliphatic imine (C=N–C) groups is 1. The molecule has 4 rings (SSSR count). The van der Waals surface area contributed by atoms with Gasteiger partial charge in [0, 0.05) is 5.56 Å². The standard InChI is InChI=1S/C25H17ClFNO5/c1-2-31-21-14-15(12-19(26)22(21)32-24(29)17-6-4-3-5-7-17)13-20-25(30)33-23(28-20)16-8-10-18(27)11-9-16/h3-14H,2H2,1H3/b20-13-. The highest BCUT2D eigenvalue weighted by Crippen LogP contribution is 2.38. The summed E-state index contributed by atoms with van der Waals surface area (Å²) in [5.41, 5.74) is 1.34. The smallest absolute Gasteiger partial charge is 0.363 e. The minimum absolute atomic E-state index is 0.0295. The lowest BCUT2D eigenvalue weighted by Crippen LogP contribution is -2.10. The average molecular weight is 466 g/mol. The molecule has 0 unspecified atom stereocenters. The molecule has 0 N–H and O–H groups in total. The molecule has 0 radical (unpaired) electrons. The van der Waals surface area contributed by atoms with Crippen LogP contribution in [0.15, 0.2) is 77.4 Å². The van der Waals surface area contributed by atoms with Crippen molar-refractivity contribution in [2.45, 2.75) is 6.92 Å². The first-order chi connectivity index (χ1) is 15.9. The number of nitrogens with zero attached hydrogens (tertiary/aromatic N) is 1. The summed E-state index contributed by atoms with van der Waals surface area (Å²) in [4.78, 5) is 28.9. The molecule has 8 heteroatoms. The number of halogens is 2. The Morgan fingerprint density at radius 3 is 2.55 bits per heavy atom. The van der Waals surface area contributed by atoms with E-state index < -0.39 is 17.8 Å². The van der Waals surface area contributed by atoms with Crippen LogP contribution >= 0.6 is 11.6 Å². The summed E-state index contributed by atoms with van der Waals surface area (Å²) in [6, 6.07) is 17.0. The number of carbonyl (C=O) groups excluding carboxylic acids is 2. The van der Waals surface area contributed by atoms with E-state index in [0.717, 1.165) is 0 Å². The lowest BCUT2D eigenvalue weighted by atomic mass is 10.1. The number of cyclic esters (lactones) is 1. The molecule has 33 heavy (non-hydrogen) atoms. The van der Waals surface area contributed by atoms with Crippen LogP contribution in [0.4, 0.5) is 4.39 Å². The van der Waals surface area contributed by atoms with Gasteiger partial charge in [0.25, 0.3) is 0 Å². The number of hydrogen-bond acceptors (Lipinski definition) is 6. The molecule has 0 saturated carbocycles. The maximum Gasteiger partial charge on any atom is 0.363 e. The third-order valence-corrected chi connectivity index (χ3v) is 4.83. The summed E-state index contributed by atoms with van der Waals surface area (Å²) in [6.07, 6.45) is 1.47. The molecule has 3 aromatic carbocycles. The number of carbonyl (C=O) groups is 2. The Labute approximate surface area is 193 Å². The number of esters is 2. The molecule has 1 aliphatic rings. The number of hydrogen-bond donors (Lipinski definition) is 0. The zero-order valence-electron chi connectivity index (χ0n) is 17.4. The average Bonchev–Trinajstić information content (AvgIpc) is 3.17. The van der Waals surface area contributed by atoms with Gasteiger partial charge in [-0.3, -0.25) is 0 Å². The Kier molecular flexibility index (Phi) is 6.51. The van der Waals surface area contributed by atoms with Crippen LogP contribution < -0.4 is 9.47 Å². The lowest BCUT2D eigenvalue weighted by Gasteiger charge is -2.13. The zero-order chi connectivity index (χ0) is 23.4. The van der Waals surface area contributed by atoms with E-state index in [1.807, 2.05) is 0 Å². The van der Waals surface area contributed by atoms with E-state index in [9.17, 15) is 14.0 Å². The van der Waals surface area contributed by atoms with Gasteiger partial charge in [-0.25, -0.2) is 19.0 Å². The Morgan fingerprint density at radius 1 is 1.12 bits per heavy atom. The molecular weight excluding hydrogens is 449 g/mol. The fraction of sp³-hybridized carbons (Fsp3) is 0.0800. The third-order valence-electron chi connectivity index (χ3n) is 4.55. The van der Waals surface area contributed by atoms with Crippen molar-refractivity contribution >= 4 is 35.5 Å². The molecule has 0 spiro atoms. The van der Waals surface area contributed by atoms with Gasteiger partial charge < -0.3 is 14.2 Å². The van der Waals surface area contributed by atoms with Gasteiger partial charge in [-0.2, -0.15) is 0 Å². The molecule has 3 aromatic rings. The first-order valence-corrected chi connectivity index (χ1v) is 10.3. The van der Waals surface area contributed by atoms with Crippen molar-refractivity contribution in [3.63, 3.8) is 0 Å². The maximum absolute atomic E-state index is 13.1. The predicted molar refractivity (Wildman–Crippen MR) is 121 cm³/mol. The first-order valence-electron chi connectivity index (χ1n) is 9.96. The molecular formula is C25H17ClFNO5. The van der Waals surface area contributed by atoms with Crippen LogP contribution in [0.1, 0.15) is 28.4 Å². The summed E-state index contributed by atoms with van der Waals surface area (Å²) in [7, 11) is 0. The fourth-order valence-corrected chi connectivity index (χ4v) is 3.30. The van der Waals surface area contributed by atoms with E-state index in [2.05, 4.69) is 4.99 Å². The monoisotopic (exact) mass is 465 g/mol. The third kappa shape index (κ3) is 5.10. The number of rotatable bonds is 6. The van der Waals surface area contributed by atoms with E-state index in [1.54, 1.807) is 43.3 Å². The maximum atomic E-state index is 13.1. The molecule has 0 aliphatic carbocycles.